The topological polar surface area (TPSA) is 22.1 Å². The molecule has 0 amide bonds. The van der Waals surface area contributed by atoms with Crippen LogP contribution in [0.4, 0.5) is 0 Å². The highest BCUT2D eigenvalue weighted by Gasteiger charge is 1.96. The van der Waals surface area contributed by atoms with Crippen molar-refractivity contribution in [3.05, 3.63) is 23.5 Å². The van der Waals surface area contributed by atoms with Crippen LogP contribution in [-0.2, 0) is 0 Å². The lowest BCUT2D eigenvalue weighted by Crippen LogP contribution is -1.91. The molecule has 1 rings (SSSR count). The zero-order chi connectivity index (χ0) is 10.1. The molecule has 1 heterocycles. The van der Waals surface area contributed by atoms with E-state index >= 15 is 0 Å². The van der Waals surface area contributed by atoms with Gasteiger partial charge in [-0.2, -0.15) is 0 Å². The van der Waals surface area contributed by atoms with Crippen LogP contribution >= 0.6 is 0 Å². The summed E-state index contributed by atoms with van der Waals surface area (Å²) >= 11 is 0. The van der Waals surface area contributed by atoms with Crippen LogP contribution in [0.3, 0.4) is 0 Å². The van der Waals surface area contributed by atoms with Crippen molar-refractivity contribution in [2.45, 2.75) is 13.8 Å². The Labute approximate surface area is 65.1 Å². The van der Waals surface area contributed by atoms with Gasteiger partial charge in [-0.25, -0.2) is 0 Å². The van der Waals surface area contributed by atoms with Crippen molar-refractivity contribution in [3.63, 3.8) is 0 Å². The second kappa shape index (κ2) is 2.69. The smallest absolute Gasteiger partial charge is 0.140 e. The Morgan fingerprint density at radius 1 is 1.60 bits per heavy atom. The Morgan fingerprint density at radius 2 is 2.40 bits per heavy atom. The Morgan fingerprint density at radius 3 is 2.90 bits per heavy atom. The minimum absolute atomic E-state index is 0.103. The van der Waals surface area contributed by atoms with Gasteiger partial charge in [0.1, 0.15) is 5.75 Å². The molecule has 0 aliphatic heterocycles. The molecule has 0 spiro atoms. The van der Waals surface area contributed by atoms with E-state index in [0.29, 0.717) is 11.4 Å². The number of pyridine rings is 1. The molecule has 0 N–H and O–H groups in total. The molecule has 1 aromatic rings. The van der Waals surface area contributed by atoms with Crippen LogP contribution in [0.5, 0.6) is 5.75 Å². The van der Waals surface area contributed by atoms with Crippen molar-refractivity contribution in [2.75, 3.05) is 7.11 Å². The number of hydrogen-bond donors (Lipinski definition) is 0. The van der Waals surface area contributed by atoms with Crippen molar-refractivity contribution >= 4 is 0 Å². The van der Waals surface area contributed by atoms with Gasteiger partial charge in [-0.05, 0) is 25.9 Å². The Kier molecular flexibility index (Phi) is 1.07. The molecule has 54 valence electrons. The maximum absolute atomic E-state index is 7.13. The molecule has 10 heavy (non-hydrogen) atoms. The monoisotopic (exact) mass is 140 g/mol. The fraction of sp³-hybridized carbons (Fsp3) is 0.375. The third-order valence-electron chi connectivity index (χ3n) is 1.26. The second-order valence-electron chi connectivity index (χ2n) is 1.98. The molecule has 0 fully saturated rings. The van der Waals surface area contributed by atoms with Gasteiger partial charge in [0, 0.05) is 9.81 Å². The summed E-state index contributed by atoms with van der Waals surface area (Å²) in [7, 11) is 1.53. The normalized spacial score (nSPS) is 15.2. The Hall–Kier alpha value is -1.05. The molecule has 2 nitrogen and oxygen atoms in total. The number of hydrogen-bond acceptors (Lipinski definition) is 2. The molecular formula is C8H11NO. The van der Waals surface area contributed by atoms with Crippen molar-refractivity contribution < 1.29 is 8.85 Å². The highest BCUT2D eigenvalue weighted by atomic mass is 16.5. The van der Waals surface area contributed by atoms with E-state index < -0.39 is 6.85 Å². The van der Waals surface area contributed by atoms with Crippen molar-refractivity contribution in [2.24, 2.45) is 0 Å². The van der Waals surface area contributed by atoms with Gasteiger partial charge in [0.25, 0.3) is 0 Å². The minimum atomic E-state index is -2.14. The number of ether oxygens (including phenoxy) is 1. The quantitative estimate of drug-likeness (QED) is 0.592. The molecule has 0 aliphatic carbocycles. The minimum Gasteiger partial charge on any atom is -0.495 e. The Balaban J connectivity index is 3.10. The lowest BCUT2D eigenvalue weighted by atomic mass is 10.3. The molecule has 0 aliphatic rings. The fourth-order valence-electron chi connectivity index (χ4n) is 0.764. The molecule has 0 radical (unpaired) electrons. The van der Waals surface area contributed by atoms with Crippen LogP contribution < -0.4 is 4.74 Å². The lowest BCUT2D eigenvalue weighted by molar-refractivity contribution is 0.409. The fourth-order valence-corrected chi connectivity index (χ4v) is 0.764. The average molecular weight is 140 g/mol. The number of aryl methyl sites for hydroxylation is 2. The molecule has 0 bridgehead atoms. The molecule has 0 unspecified atom stereocenters. The maximum Gasteiger partial charge on any atom is 0.140 e. The molecule has 0 saturated carbocycles. The molecular weight excluding hydrogens is 126 g/mol. The summed E-state index contributed by atoms with van der Waals surface area (Å²) in [5, 5.41) is 0. The van der Waals surface area contributed by atoms with E-state index in [-0.39, 0.29) is 5.69 Å². The molecule has 0 aromatic carbocycles. The van der Waals surface area contributed by atoms with Crippen molar-refractivity contribution in [3.8, 4) is 5.75 Å². The van der Waals surface area contributed by atoms with E-state index in [0.717, 1.165) is 0 Å². The molecule has 1 aromatic heterocycles. The first-order valence-electron chi connectivity index (χ1n) is 4.47. The third kappa shape index (κ3) is 1.26. The van der Waals surface area contributed by atoms with Crippen LogP contribution in [0.2, 0.25) is 0 Å². The van der Waals surface area contributed by atoms with Crippen molar-refractivity contribution in [1.82, 2.24) is 4.98 Å². The summed E-state index contributed by atoms with van der Waals surface area (Å²) < 4.78 is 26.3. The van der Waals surface area contributed by atoms with Crippen LogP contribution in [0, 0.1) is 13.8 Å². The van der Waals surface area contributed by atoms with E-state index in [4.69, 9.17) is 8.85 Å². The number of rotatable bonds is 1. The van der Waals surface area contributed by atoms with Crippen LogP contribution in [0.1, 0.15) is 15.5 Å². The predicted molar refractivity (Wildman–Crippen MR) is 40.3 cm³/mol. The summed E-state index contributed by atoms with van der Waals surface area (Å²) in [4.78, 5) is 3.93. The summed E-state index contributed by atoms with van der Waals surface area (Å²) in [6, 6.07) is 3.07. The highest BCUT2D eigenvalue weighted by Crippen LogP contribution is 2.13. The zero-order valence-corrected chi connectivity index (χ0v) is 6.01. The van der Waals surface area contributed by atoms with Gasteiger partial charge >= 0.3 is 0 Å². The van der Waals surface area contributed by atoms with Gasteiger partial charge in [0.2, 0.25) is 0 Å². The highest BCUT2D eigenvalue weighted by molar-refractivity contribution is 5.27. The van der Waals surface area contributed by atoms with E-state index in [1.54, 1.807) is 13.0 Å². The van der Waals surface area contributed by atoms with Gasteiger partial charge in [-0.15, -0.1) is 0 Å². The van der Waals surface area contributed by atoms with Gasteiger partial charge in [-0.3, -0.25) is 4.98 Å². The van der Waals surface area contributed by atoms with E-state index in [9.17, 15) is 0 Å². The molecule has 2 heteroatoms. The Bertz CT molecular complexity index is 309. The van der Waals surface area contributed by atoms with Gasteiger partial charge in [-0.1, -0.05) is 0 Å². The molecule has 0 atom stereocenters. The largest absolute Gasteiger partial charge is 0.495 e. The second-order valence-corrected chi connectivity index (χ2v) is 1.98. The first kappa shape index (κ1) is 3.96. The van der Waals surface area contributed by atoms with Gasteiger partial charge in [0.15, 0.2) is 0 Å². The number of methoxy groups -OCH3 is 1. The van der Waals surface area contributed by atoms with Crippen LogP contribution in [-0.4, -0.2) is 12.1 Å². The first-order chi connectivity index (χ1) is 5.95. The third-order valence-corrected chi connectivity index (χ3v) is 1.26. The number of aromatic nitrogens is 1. The van der Waals surface area contributed by atoms with E-state index in [1.807, 2.05) is 0 Å². The van der Waals surface area contributed by atoms with Gasteiger partial charge in [0.05, 0.1) is 12.8 Å². The SMILES string of the molecule is [2H]C([2H])([2H])c1ccc(OC)c(C)n1. The summed E-state index contributed by atoms with van der Waals surface area (Å²) in [5.74, 6) is 0.605. The van der Waals surface area contributed by atoms with Crippen molar-refractivity contribution in [1.29, 1.82) is 0 Å². The van der Waals surface area contributed by atoms with Crippen LogP contribution in [0.25, 0.3) is 0 Å². The summed E-state index contributed by atoms with van der Waals surface area (Å²) in [5.41, 5.74) is 0.696. The summed E-state index contributed by atoms with van der Waals surface area (Å²) in [6.07, 6.45) is 0. The standard InChI is InChI=1S/C8H11NO/c1-6-4-5-8(10-3)7(2)9-6/h4-5H,1-3H3/i1D3. The zero-order valence-electron chi connectivity index (χ0n) is 9.01. The van der Waals surface area contributed by atoms with Gasteiger partial charge < -0.3 is 4.74 Å². The van der Waals surface area contributed by atoms with E-state index in [1.165, 1.54) is 13.2 Å². The average Bonchev–Trinajstić information content (AvgIpc) is 2.02. The maximum atomic E-state index is 7.13. The lowest BCUT2D eigenvalue weighted by Gasteiger charge is -2.02. The summed E-state index contributed by atoms with van der Waals surface area (Å²) in [6.45, 7) is -0.425. The number of nitrogens with zero attached hydrogens (tertiary/aromatic N) is 1. The first-order valence-corrected chi connectivity index (χ1v) is 2.97. The molecule has 0 saturated heterocycles. The predicted octanol–water partition coefficient (Wildman–Crippen LogP) is 1.71. The van der Waals surface area contributed by atoms with E-state index in [2.05, 4.69) is 4.98 Å². The van der Waals surface area contributed by atoms with Crippen LogP contribution in [0.15, 0.2) is 12.1 Å².